The van der Waals surface area contributed by atoms with Gasteiger partial charge in [-0.3, -0.25) is 0 Å². The van der Waals surface area contributed by atoms with Crippen LogP contribution in [0.2, 0.25) is 0 Å². The maximum Gasteiger partial charge on any atom is 0.505 e. The van der Waals surface area contributed by atoms with Crippen LogP contribution in [0.3, 0.4) is 0 Å². The van der Waals surface area contributed by atoms with Gasteiger partial charge in [0.1, 0.15) is 0 Å². The SMILES string of the molecule is O=[P+](O)CCCc1ccccc1.[AlH3]. The standard InChI is InChI=1S/C9H11O2P.Al.3H/c10-12(11)8-4-7-9-5-2-1-3-6-9;;;;/h1-3,5-6H,4,7-8H2;;;;/p+1. The van der Waals surface area contributed by atoms with Crippen LogP contribution in [0.15, 0.2) is 30.3 Å². The summed E-state index contributed by atoms with van der Waals surface area (Å²) in [5, 5.41) is 0. The molecule has 1 rings (SSSR count). The van der Waals surface area contributed by atoms with Crippen molar-refractivity contribution in [1.29, 1.82) is 0 Å². The van der Waals surface area contributed by atoms with Gasteiger partial charge in [0.25, 0.3) is 0 Å². The number of aryl methyl sites for hydroxylation is 1. The van der Waals surface area contributed by atoms with E-state index in [1.165, 1.54) is 5.56 Å². The van der Waals surface area contributed by atoms with E-state index >= 15 is 0 Å². The van der Waals surface area contributed by atoms with E-state index in [9.17, 15) is 4.57 Å². The van der Waals surface area contributed by atoms with E-state index in [0.29, 0.717) is 6.16 Å². The van der Waals surface area contributed by atoms with E-state index < -0.39 is 8.03 Å². The van der Waals surface area contributed by atoms with Crippen molar-refractivity contribution in [3.05, 3.63) is 35.9 Å². The minimum absolute atomic E-state index is 0. The Morgan fingerprint density at radius 2 is 1.85 bits per heavy atom. The van der Waals surface area contributed by atoms with Crippen molar-refractivity contribution in [3.8, 4) is 0 Å². The molecule has 0 saturated heterocycles. The van der Waals surface area contributed by atoms with Gasteiger partial charge in [0.05, 0.1) is 0 Å². The molecular formula is C9H15AlO2P+. The molecule has 0 aliphatic rings. The molecule has 0 aliphatic heterocycles. The summed E-state index contributed by atoms with van der Waals surface area (Å²) in [4.78, 5) is 8.54. The second-order valence-electron chi connectivity index (χ2n) is 2.66. The van der Waals surface area contributed by atoms with E-state index in [1.54, 1.807) is 0 Å². The van der Waals surface area contributed by atoms with Crippen LogP contribution in [0.4, 0.5) is 0 Å². The summed E-state index contributed by atoms with van der Waals surface area (Å²) in [6.07, 6.45) is 2.09. The lowest BCUT2D eigenvalue weighted by atomic mass is 10.1. The Morgan fingerprint density at radius 1 is 1.23 bits per heavy atom. The fourth-order valence-electron chi connectivity index (χ4n) is 1.06. The monoisotopic (exact) mass is 213 g/mol. The molecule has 0 aromatic heterocycles. The van der Waals surface area contributed by atoms with Gasteiger partial charge in [0.15, 0.2) is 23.5 Å². The molecule has 0 fully saturated rings. The Morgan fingerprint density at radius 3 is 2.38 bits per heavy atom. The number of hydrogen-bond donors (Lipinski definition) is 1. The van der Waals surface area contributed by atoms with Crippen molar-refractivity contribution >= 4 is 25.4 Å². The van der Waals surface area contributed by atoms with Crippen LogP contribution < -0.4 is 0 Å². The lowest BCUT2D eigenvalue weighted by Crippen LogP contribution is -1.86. The van der Waals surface area contributed by atoms with E-state index in [-0.39, 0.29) is 17.4 Å². The Bertz CT molecular complexity index is 251. The highest BCUT2D eigenvalue weighted by Gasteiger charge is 2.07. The summed E-state index contributed by atoms with van der Waals surface area (Å²) >= 11 is 0. The highest BCUT2D eigenvalue weighted by atomic mass is 31.1. The minimum atomic E-state index is -1.95. The van der Waals surface area contributed by atoms with Gasteiger partial charge in [0, 0.05) is 0 Å². The Labute approximate surface area is 90.0 Å². The molecule has 0 radical (unpaired) electrons. The smallest absolute Gasteiger partial charge is 0.161 e. The van der Waals surface area contributed by atoms with Gasteiger partial charge in [-0.05, 0) is 23.0 Å². The van der Waals surface area contributed by atoms with Crippen molar-refractivity contribution in [2.24, 2.45) is 0 Å². The van der Waals surface area contributed by atoms with Gasteiger partial charge < -0.3 is 0 Å². The van der Waals surface area contributed by atoms with Crippen LogP contribution in [-0.2, 0) is 11.0 Å². The summed E-state index contributed by atoms with van der Waals surface area (Å²) in [5.74, 6) is 0. The predicted octanol–water partition coefficient (Wildman–Crippen LogP) is 1.17. The molecule has 1 unspecified atom stereocenters. The van der Waals surface area contributed by atoms with Crippen LogP contribution in [-0.4, -0.2) is 28.4 Å². The molecule has 2 nitrogen and oxygen atoms in total. The normalized spacial score (nSPS) is 10.4. The zero-order valence-corrected chi connectivity index (χ0v) is 7.71. The quantitative estimate of drug-likeness (QED) is 0.602. The first-order valence-electron chi connectivity index (χ1n) is 3.96. The highest BCUT2D eigenvalue weighted by Crippen LogP contribution is 2.15. The van der Waals surface area contributed by atoms with Gasteiger partial charge in [-0.15, -0.1) is 0 Å². The molecule has 1 N–H and O–H groups in total. The third kappa shape index (κ3) is 5.96. The fraction of sp³-hybridized carbons (Fsp3) is 0.333. The Kier molecular flexibility index (Phi) is 7.13. The van der Waals surface area contributed by atoms with Gasteiger partial charge in [-0.2, -0.15) is 4.89 Å². The lowest BCUT2D eigenvalue weighted by Gasteiger charge is -1.94. The maximum atomic E-state index is 10.3. The Balaban J connectivity index is 0.00000144. The van der Waals surface area contributed by atoms with Crippen molar-refractivity contribution in [2.75, 3.05) is 6.16 Å². The largest absolute Gasteiger partial charge is 0.505 e. The summed E-state index contributed by atoms with van der Waals surface area (Å²) in [7, 11) is -1.95. The first-order valence-corrected chi connectivity index (χ1v) is 5.36. The molecule has 1 atom stereocenters. The second kappa shape index (κ2) is 7.24. The van der Waals surface area contributed by atoms with Gasteiger partial charge in [0.2, 0.25) is 0 Å². The average molecular weight is 213 g/mol. The second-order valence-corrected chi connectivity index (χ2v) is 3.82. The van der Waals surface area contributed by atoms with Gasteiger partial charge in [-0.1, -0.05) is 30.3 Å². The van der Waals surface area contributed by atoms with E-state index in [4.69, 9.17) is 4.89 Å². The summed E-state index contributed by atoms with van der Waals surface area (Å²) in [6, 6.07) is 9.99. The first-order chi connectivity index (χ1) is 5.79. The maximum absolute atomic E-state index is 10.3. The topological polar surface area (TPSA) is 37.3 Å². The zero-order valence-electron chi connectivity index (χ0n) is 6.81. The molecule has 0 amide bonds. The molecule has 0 bridgehead atoms. The van der Waals surface area contributed by atoms with Crippen LogP contribution in [0, 0.1) is 0 Å². The molecular weight excluding hydrogens is 198 g/mol. The van der Waals surface area contributed by atoms with Gasteiger partial charge >= 0.3 is 8.03 Å². The van der Waals surface area contributed by atoms with Crippen LogP contribution >= 0.6 is 8.03 Å². The van der Waals surface area contributed by atoms with E-state index in [1.807, 2.05) is 30.3 Å². The van der Waals surface area contributed by atoms with Crippen molar-refractivity contribution in [2.45, 2.75) is 12.8 Å². The number of benzene rings is 1. The van der Waals surface area contributed by atoms with Crippen molar-refractivity contribution < 1.29 is 9.46 Å². The zero-order chi connectivity index (χ0) is 8.81. The molecule has 0 saturated carbocycles. The lowest BCUT2D eigenvalue weighted by molar-refractivity contribution is 0.501. The molecule has 70 valence electrons. The molecule has 1 aromatic rings. The van der Waals surface area contributed by atoms with Crippen molar-refractivity contribution in [1.82, 2.24) is 0 Å². The number of rotatable bonds is 4. The van der Waals surface area contributed by atoms with E-state index in [2.05, 4.69) is 0 Å². The molecule has 0 spiro atoms. The predicted molar refractivity (Wildman–Crippen MR) is 59.4 cm³/mol. The number of hydrogen-bond acceptors (Lipinski definition) is 1. The van der Waals surface area contributed by atoms with Crippen molar-refractivity contribution in [3.63, 3.8) is 0 Å². The molecule has 1 aromatic carbocycles. The van der Waals surface area contributed by atoms with Crippen LogP contribution in [0.5, 0.6) is 0 Å². The highest BCUT2D eigenvalue weighted by molar-refractivity contribution is 7.37. The Hall–Kier alpha value is -0.188. The molecule has 13 heavy (non-hydrogen) atoms. The third-order valence-corrected chi connectivity index (χ3v) is 2.36. The van der Waals surface area contributed by atoms with Gasteiger partial charge in [-0.25, -0.2) is 0 Å². The summed E-state index contributed by atoms with van der Waals surface area (Å²) in [5.41, 5.74) is 1.23. The summed E-state index contributed by atoms with van der Waals surface area (Å²) in [6.45, 7) is 0. The van der Waals surface area contributed by atoms with Crippen LogP contribution in [0.25, 0.3) is 0 Å². The molecule has 4 heteroatoms. The third-order valence-electron chi connectivity index (χ3n) is 1.66. The molecule has 0 heterocycles. The van der Waals surface area contributed by atoms with E-state index in [0.717, 1.165) is 12.8 Å². The fourth-order valence-corrected chi connectivity index (χ4v) is 1.49. The summed E-state index contributed by atoms with van der Waals surface area (Å²) < 4.78 is 10.3. The minimum Gasteiger partial charge on any atom is -0.161 e. The molecule has 0 aliphatic carbocycles. The average Bonchev–Trinajstić information content (AvgIpc) is 2.05. The first kappa shape index (κ1) is 12.8. The van der Waals surface area contributed by atoms with Crippen LogP contribution in [0.1, 0.15) is 12.0 Å².